The van der Waals surface area contributed by atoms with Crippen molar-refractivity contribution in [3.63, 3.8) is 0 Å². The molecule has 3 heteroatoms. The average Bonchev–Trinajstić information content (AvgIpc) is 2.04. The minimum absolute atomic E-state index is 0.707. The predicted octanol–water partition coefficient (Wildman–Crippen LogP) is 3.74. The second-order valence-corrected chi connectivity index (χ2v) is 3.84. The van der Waals surface area contributed by atoms with Gasteiger partial charge in [0.2, 0.25) is 0 Å². The van der Waals surface area contributed by atoms with Crippen molar-refractivity contribution in [2.24, 2.45) is 0 Å². The maximum absolute atomic E-state index is 5.38. The molecular weight excluding hydrogens is 284 g/mol. The van der Waals surface area contributed by atoms with Crippen molar-refractivity contribution in [3.05, 3.63) is 28.2 Å². The molecule has 0 radical (unpaired) electrons. The molecule has 0 atom stereocenters. The lowest BCUT2D eigenvalue weighted by molar-refractivity contribution is 0.340. The SMILES string of the molecule is CCOc1cc(Br)cc(CBr)c1. The highest BCUT2D eigenvalue weighted by Crippen LogP contribution is 2.22. The zero-order valence-corrected chi connectivity index (χ0v) is 9.98. The first-order valence-electron chi connectivity index (χ1n) is 3.74. The Morgan fingerprint density at radius 2 is 2.08 bits per heavy atom. The molecule has 12 heavy (non-hydrogen) atoms. The van der Waals surface area contributed by atoms with Crippen LogP contribution in [0.4, 0.5) is 0 Å². The Bertz CT molecular complexity index is 261. The van der Waals surface area contributed by atoms with Gasteiger partial charge in [-0.2, -0.15) is 0 Å². The van der Waals surface area contributed by atoms with Gasteiger partial charge in [-0.25, -0.2) is 0 Å². The van der Waals surface area contributed by atoms with Crippen LogP contribution in [0, 0.1) is 0 Å². The predicted molar refractivity (Wildman–Crippen MR) is 57.9 cm³/mol. The van der Waals surface area contributed by atoms with Crippen LogP contribution >= 0.6 is 31.9 Å². The van der Waals surface area contributed by atoms with Gasteiger partial charge in [0.05, 0.1) is 6.61 Å². The summed E-state index contributed by atoms with van der Waals surface area (Å²) in [4.78, 5) is 0. The molecular formula is C9H10Br2O. The Morgan fingerprint density at radius 1 is 1.33 bits per heavy atom. The standard InChI is InChI=1S/C9H10Br2O/c1-2-12-9-4-7(6-10)3-8(11)5-9/h3-5H,2,6H2,1H3. The molecule has 0 spiro atoms. The van der Waals surface area contributed by atoms with Crippen LogP contribution in [0.5, 0.6) is 5.75 Å². The number of rotatable bonds is 3. The number of ether oxygens (including phenoxy) is 1. The first-order valence-corrected chi connectivity index (χ1v) is 5.66. The summed E-state index contributed by atoms with van der Waals surface area (Å²) in [5, 5.41) is 0.854. The number of hydrogen-bond donors (Lipinski definition) is 0. The highest BCUT2D eigenvalue weighted by Gasteiger charge is 1.98. The van der Waals surface area contributed by atoms with Crippen LogP contribution in [0.15, 0.2) is 22.7 Å². The molecule has 0 bridgehead atoms. The highest BCUT2D eigenvalue weighted by atomic mass is 79.9. The molecule has 0 unspecified atom stereocenters. The Morgan fingerprint density at radius 3 is 2.67 bits per heavy atom. The smallest absolute Gasteiger partial charge is 0.120 e. The summed E-state index contributed by atoms with van der Waals surface area (Å²) in [5.74, 6) is 0.918. The summed E-state index contributed by atoms with van der Waals surface area (Å²) in [6.45, 7) is 2.69. The lowest BCUT2D eigenvalue weighted by Gasteiger charge is -2.05. The van der Waals surface area contributed by atoms with Gasteiger partial charge in [-0.3, -0.25) is 0 Å². The van der Waals surface area contributed by atoms with Crippen LogP contribution in [0.1, 0.15) is 12.5 Å². The van der Waals surface area contributed by atoms with Gasteiger partial charge >= 0.3 is 0 Å². The van der Waals surface area contributed by atoms with E-state index in [9.17, 15) is 0 Å². The summed E-state index contributed by atoms with van der Waals surface area (Å²) in [6.07, 6.45) is 0. The zero-order valence-electron chi connectivity index (χ0n) is 6.81. The molecule has 1 aromatic rings. The number of alkyl halides is 1. The van der Waals surface area contributed by atoms with Crippen molar-refractivity contribution < 1.29 is 4.74 Å². The quantitative estimate of drug-likeness (QED) is 0.772. The van der Waals surface area contributed by atoms with Crippen LogP contribution < -0.4 is 4.74 Å². The summed E-state index contributed by atoms with van der Waals surface area (Å²) >= 11 is 6.82. The fourth-order valence-corrected chi connectivity index (χ4v) is 1.79. The van der Waals surface area contributed by atoms with Crippen molar-refractivity contribution in [3.8, 4) is 5.75 Å². The van der Waals surface area contributed by atoms with E-state index in [-0.39, 0.29) is 0 Å². The van der Waals surface area contributed by atoms with E-state index < -0.39 is 0 Å². The molecule has 0 saturated heterocycles. The van der Waals surface area contributed by atoms with Crippen molar-refractivity contribution in [2.45, 2.75) is 12.3 Å². The van der Waals surface area contributed by atoms with E-state index in [2.05, 4.69) is 37.9 Å². The van der Waals surface area contributed by atoms with Gasteiger partial charge in [0, 0.05) is 9.80 Å². The maximum atomic E-state index is 5.38. The molecule has 1 nitrogen and oxygen atoms in total. The second-order valence-electron chi connectivity index (χ2n) is 2.36. The number of benzene rings is 1. The van der Waals surface area contributed by atoms with Crippen LogP contribution in [0.2, 0.25) is 0 Å². The van der Waals surface area contributed by atoms with E-state index in [1.807, 2.05) is 19.1 Å². The van der Waals surface area contributed by atoms with E-state index in [4.69, 9.17) is 4.74 Å². The zero-order chi connectivity index (χ0) is 8.97. The molecule has 0 aliphatic carbocycles. The lowest BCUT2D eigenvalue weighted by atomic mass is 10.2. The average molecular weight is 294 g/mol. The molecule has 0 aliphatic rings. The summed E-state index contributed by atoms with van der Waals surface area (Å²) < 4.78 is 6.44. The summed E-state index contributed by atoms with van der Waals surface area (Å²) in [6, 6.07) is 6.07. The molecule has 0 saturated carbocycles. The summed E-state index contributed by atoms with van der Waals surface area (Å²) in [5.41, 5.74) is 1.22. The van der Waals surface area contributed by atoms with E-state index >= 15 is 0 Å². The molecule has 0 heterocycles. The maximum Gasteiger partial charge on any atom is 0.120 e. The monoisotopic (exact) mass is 292 g/mol. The van der Waals surface area contributed by atoms with E-state index in [1.54, 1.807) is 0 Å². The Balaban J connectivity index is 2.90. The molecule has 1 rings (SSSR count). The fourth-order valence-electron chi connectivity index (χ4n) is 0.948. The third-order valence-corrected chi connectivity index (χ3v) is 2.50. The van der Waals surface area contributed by atoms with Crippen molar-refractivity contribution in [2.75, 3.05) is 6.61 Å². The number of hydrogen-bond acceptors (Lipinski definition) is 1. The second kappa shape index (κ2) is 4.87. The molecule has 0 N–H and O–H groups in total. The minimum atomic E-state index is 0.707. The Labute approximate surface area is 89.4 Å². The van der Waals surface area contributed by atoms with E-state index in [0.717, 1.165) is 15.6 Å². The minimum Gasteiger partial charge on any atom is -0.494 e. The van der Waals surface area contributed by atoms with Crippen LogP contribution in [0.25, 0.3) is 0 Å². The molecule has 0 aliphatic heterocycles. The third kappa shape index (κ3) is 2.79. The van der Waals surface area contributed by atoms with E-state index in [1.165, 1.54) is 5.56 Å². The van der Waals surface area contributed by atoms with Gasteiger partial charge in [-0.15, -0.1) is 0 Å². The van der Waals surface area contributed by atoms with Crippen LogP contribution in [-0.4, -0.2) is 6.61 Å². The van der Waals surface area contributed by atoms with Gasteiger partial charge in [-0.05, 0) is 30.7 Å². The van der Waals surface area contributed by atoms with Crippen molar-refractivity contribution in [1.82, 2.24) is 0 Å². The summed E-state index contributed by atoms with van der Waals surface area (Å²) in [7, 11) is 0. The van der Waals surface area contributed by atoms with Crippen LogP contribution in [-0.2, 0) is 5.33 Å². The molecule has 66 valence electrons. The Hall–Kier alpha value is -0.0200. The first-order chi connectivity index (χ1) is 5.76. The van der Waals surface area contributed by atoms with E-state index in [0.29, 0.717) is 6.61 Å². The topological polar surface area (TPSA) is 9.23 Å². The molecule has 0 aromatic heterocycles. The van der Waals surface area contributed by atoms with Crippen molar-refractivity contribution in [1.29, 1.82) is 0 Å². The lowest BCUT2D eigenvalue weighted by Crippen LogP contribution is -1.92. The molecule has 1 aromatic carbocycles. The normalized spacial score (nSPS) is 9.92. The third-order valence-electron chi connectivity index (χ3n) is 1.40. The Kier molecular flexibility index (Phi) is 4.09. The number of halogens is 2. The van der Waals surface area contributed by atoms with Crippen LogP contribution in [0.3, 0.4) is 0 Å². The molecule has 0 fully saturated rings. The molecule has 0 amide bonds. The highest BCUT2D eigenvalue weighted by molar-refractivity contribution is 9.10. The largest absolute Gasteiger partial charge is 0.494 e. The van der Waals surface area contributed by atoms with Gasteiger partial charge in [0.15, 0.2) is 0 Å². The fraction of sp³-hybridized carbons (Fsp3) is 0.333. The van der Waals surface area contributed by atoms with Gasteiger partial charge < -0.3 is 4.74 Å². The van der Waals surface area contributed by atoms with Gasteiger partial charge in [0.1, 0.15) is 5.75 Å². The van der Waals surface area contributed by atoms with Gasteiger partial charge in [-0.1, -0.05) is 31.9 Å². The van der Waals surface area contributed by atoms with Crippen molar-refractivity contribution >= 4 is 31.9 Å². The van der Waals surface area contributed by atoms with Gasteiger partial charge in [0.25, 0.3) is 0 Å². The first kappa shape index (κ1) is 10.1.